The van der Waals surface area contributed by atoms with Crippen LogP contribution in [0.25, 0.3) is 0 Å². The van der Waals surface area contributed by atoms with Crippen LogP contribution in [0.2, 0.25) is 0 Å². The monoisotopic (exact) mass is 419 g/mol. The Hall–Kier alpha value is -2.15. The lowest BCUT2D eigenvalue weighted by Gasteiger charge is -2.33. The molecular formula is C13H14F9NO4. The van der Waals surface area contributed by atoms with E-state index in [-0.39, 0.29) is 5.57 Å². The van der Waals surface area contributed by atoms with Crippen LogP contribution in [-0.2, 0) is 14.3 Å². The summed E-state index contributed by atoms with van der Waals surface area (Å²) in [6, 6.07) is 0. The minimum Gasteiger partial charge on any atom is -0.460 e. The zero-order valence-corrected chi connectivity index (χ0v) is 13.6. The summed E-state index contributed by atoms with van der Waals surface area (Å²) in [5, 5.41) is 1.83. The minimum absolute atomic E-state index is 0.0383. The van der Waals surface area contributed by atoms with Crippen LogP contribution in [0.3, 0.4) is 0 Å². The standard InChI is InChI=1S/C13H14F9NO4/c1-7(2)8(24)26-6-4-23-9(25)27-5-3-10(14,15)11(16,17)12(18,19)13(20,21)22/h1,3-6H2,2H3,(H,23,25). The van der Waals surface area contributed by atoms with Crippen LogP contribution in [0.15, 0.2) is 12.2 Å². The molecule has 5 nitrogen and oxygen atoms in total. The van der Waals surface area contributed by atoms with Gasteiger partial charge in [-0.25, -0.2) is 9.59 Å². The highest BCUT2D eigenvalue weighted by Crippen LogP contribution is 2.53. The summed E-state index contributed by atoms with van der Waals surface area (Å²) < 4.78 is 122. The molecule has 0 atom stereocenters. The molecule has 1 amide bonds. The van der Waals surface area contributed by atoms with Gasteiger partial charge in [0.15, 0.2) is 0 Å². The molecule has 0 fully saturated rings. The summed E-state index contributed by atoms with van der Waals surface area (Å²) in [7, 11) is 0. The molecule has 0 aromatic carbocycles. The van der Waals surface area contributed by atoms with Crippen LogP contribution >= 0.6 is 0 Å². The second kappa shape index (κ2) is 8.69. The third-order valence-corrected chi connectivity index (χ3v) is 2.81. The van der Waals surface area contributed by atoms with Gasteiger partial charge in [-0.05, 0) is 6.92 Å². The first-order chi connectivity index (χ1) is 12.0. The van der Waals surface area contributed by atoms with Crippen molar-refractivity contribution in [1.82, 2.24) is 5.32 Å². The molecule has 27 heavy (non-hydrogen) atoms. The predicted molar refractivity (Wildman–Crippen MR) is 70.6 cm³/mol. The van der Waals surface area contributed by atoms with Crippen LogP contribution in [-0.4, -0.2) is 55.8 Å². The summed E-state index contributed by atoms with van der Waals surface area (Å²) in [4.78, 5) is 22.0. The zero-order chi connectivity index (χ0) is 21.7. The summed E-state index contributed by atoms with van der Waals surface area (Å²) in [6.45, 7) is 2.19. The third kappa shape index (κ3) is 6.20. The van der Waals surface area contributed by atoms with Gasteiger partial charge in [-0.2, -0.15) is 39.5 Å². The normalized spacial score (nSPS) is 13.1. The van der Waals surface area contributed by atoms with E-state index in [0.717, 1.165) is 0 Å². The van der Waals surface area contributed by atoms with Crippen molar-refractivity contribution in [3.8, 4) is 0 Å². The molecule has 0 aromatic heterocycles. The van der Waals surface area contributed by atoms with E-state index in [1.807, 2.05) is 5.32 Å². The SMILES string of the molecule is C=C(C)C(=O)OCCNC(=O)OCCC(F)(F)C(F)(F)C(F)(F)C(F)(F)F. The van der Waals surface area contributed by atoms with E-state index < -0.39 is 62.2 Å². The maximum absolute atomic E-state index is 13.1. The van der Waals surface area contributed by atoms with E-state index in [4.69, 9.17) is 0 Å². The second-order valence-electron chi connectivity index (χ2n) is 5.08. The average Bonchev–Trinajstić information content (AvgIpc) is 2.49. The molecule has 0 radical (unpaired) electrons. The Kier molecular flexibility index (Phi) is 8.00. The van der Waals surface area contributed by atoms with E-state index >= 15 is 0 Å². The quantitative estimate of drug-likeness (QED) is 0.268. The summed E-state index contributed by atoms with van der Waals surface area (Å²) in [6.07, 6.45) is -10.7. The number of carbonyl (C=O) groups excluding carboxylic acids is 2. The fourth-order valence-electron chi connectivity index (χ4n) is 1.31. The van der Waals surface area contributed by atoms with E-state index in [1.54, 1.807) is 0 Å². The number of halogens is 9. The van der Waals surface area contributed by atoms with Gasteiger partial charge in [-0.3, -0.25) is 0 Å². The van der Waals surface area contributed by atoms with Gasteiger partial charge >= 0.3 is 36.0 Å². The lowest BCUT2D eigenvalue weighted by atomic mass is 10.0. The lowest BCUT2D eigenvalue weighted by Crippen LogP contribution is -2.61. The maximum Gasteiger partial charge on any atom is 0.460 e. The number of hydrogen-bond donors (Lipinski definition) is 1. The smallest absolute Gasteiger partial charge is 0.460 e. The van der Waals surface area contributed by atoms with Crippen molar-refractivity contribution in [2.75, 3.05) is 19.8 Å². The third-order valence-electron chi connectivity index (χ3n) is 2.81. The van der Waals surface area contributed by atoms with Crippen molar-refractivity contribution < 1.29 is 58.6 Å². The second-order valence-corrected chi connectivity index (χ2v) is 5.08. The molecule has 0 heterocycles. The number of ether oxygens (including phenoxy) is 2. The van der Waals surface area contributed by atoms with Crippen LogP contribution in [0.1, 0.15) is 13.3 Å². The number of esters is 1. The molecule has 0 saturated heterocycles. The molecule has 0 spiro atoms. The number of carbonyl (C=O) groups is 2. The fourth-order valence-corrected chi connectivity index (χ4v) is 1.31. The maximum atomic E-state index is 13.1. The largest absolute Gasteiger partial charge is 0.460 e. The van der Waals surface area contributed by atoms with Crippen LogP contribution in [0.4, 0.5) is 44.3 Å². The molecule has 0 aliphatic heterocycles. The van der Waals surface area contributed by atoms with Gasteiger partial charge < -0.3 is 14.8 Å². The highest BCUT2D eigenvalue weighted by molar-refractivity contribution is 5.86. The lowest BCUT2D eigenvalue weighted by molar-refractivity contribution is -0.397. The number of alkyl carbamates (subject to hydrolysis) is 1. The van der Waals surface area contributed by atoms with Crippen molar-refractivity contribution in [2.24, 2.45) is 0 Å². The molecule has 0 bridgehead atoms. The fraction of sp³-hybridized carbons (Fsp3) is 0.692. The van der Waals surface area contributed by atoms with Crippen LogP contribution in [0.5, 0.6) is 0 Å². The van der Waals surface area contributed by atoms with Gasteiger partial charge in [0.25, 0.3) is 0 Å². The Balaban J connectivity index is 4.52. The highest BCUT2D eigenvalue weighted by Gasteiger charge is 2.81. The molecule has 158 valence electrons. The first-order valence-electron chi connectivity index (χ1n) is 6.91. The molecule has 0 aliphatic rings. The Bertz CT molecular complexity index is 560. The Morgan fingerprint density at radius 1 is 0.889 bits per heavy atom. The van der Waals surface area contributed by atoms with Crippen molar-refractivity contribution in [1.29, 1.82) is 0 Å². The summed E-state index contributed by atoms with van der Waals surface area (Å²) in [5.41, 5.74) is 0.0383. The minimum atomic E-state index is -7.00. The number of amides is 1. The van der Waals surface area contributed by atoms with Crippen molar-refractivity contribution >= 4 is 12.1 Å². The number of alkyl halides is 9. The molecule has 0 unspecified atom stereocenters. The first kappa shape index (κ1) is 24.8. The Morgan fingerprint density at radius 2 is 1.41 bits per heavy atom. The number of hydrogen-bond acceptors (Lipinski definition) is 4. The summed E-state index contributed by atoms with van der Waals surface area (Å²) >= 11 is 0. The zero-order valence-electron chi connectivity index (χ0n) is 13.6. The number of rotatable bonds is 9. The van der Waals surface area contributed by atoms with Gasteiger partial charge in [0.1, 0.15) is 6.61 Å². The van der Waals surface area contributed by atoms with Gasteiger partial charge in [0.05, 0.1) is 19.6 Å². The van der Waals surface area contributed by atoms with E-state index in [0.29, 0.717) is 0 Å². The van der Waals surface area contributed by atoms with Crippen molar-refractivity contribution in [2.45, 2.75) is 37.3 Å². The van der Waals surface area contributed by atoms with Crippen molar-refractivity contribution in [3.05, 3.63) is 12.2 Å². The van der Waals surface area contributed by atoms with Gasteiger partial charge in [-0.15, -0.1) is 0 Å². The molecule has 0 rings (SSSR count). The van der Waals surface area contributed by atoms with Crippen LogP contribution in [0, 0.1) is 0 Å². The van der Waals surface area contributed by atoms with Gasteiger partial charge in [0, 0.05) is 5.57 Å². The summed E-state index contributed by atoms with van der Waals surface area (Å²) in [5.74, 6) is -20.4. The van der Waals surface area contributed by atoms with Crippen molar-refractivity contribution in [3.63, 3.8) is 0 Å². The molecule has 0 aromatic rings. The molecule has 0 aliphatic carbocycles. The van der Waals surface area contributed by atoms with Gasteiger partial charge in [-0.1, -0.05) is 6.58 Å². The topological polar surface area (TPSA) is 64.6 Å². The first-order valence-corrected chi connectivity index (χ1v) is 6.91. The Labute approximate surface area is 146 Å². The van der Waals surface area contributed by atoms with Gasteiger partial charge in [0.2, 0.25) is 0 Å². The highest BCUT2D eigenvalue weighted by atomic mass is 19.4. The van der Waals surface area contributed by atoms with E-state index in [2.05, 4.69) is 16.1 Å². The predicted octanol–water partition coefficient (Wildman–Crippen LogP) is 3.69. The number of nitrogens with one attached hydrogen (secondary N) is 1. The molecular weight excluding hydrogens is 405 g/mol. The van der Waals surface area contributed by atoms with Crippen LogP contribution < -0.4 is 5.32 Å². The van der Waals surface area contributed by atoms with E-state index in [9.17, 15) is 49.1 Å². The molecule has 14 heteroatoms. The molecule has 1 N–H and O–H groups in total. The Morgan fingerprint density at radius 3 is 1.85 bits per heavy atom. The van der Waals surface area contributed by atoms with E-state index in [1.165, 1.54) is 6.92 Å². The average molecular weight is 419 g/mol. The molecule has 0 saturated carbocycles.